The first-order valence-electron chi connectivity index (χ1n) is 9.09. The molecule has 0 bridgehead atoms. The normalized spacial score (nSPS) is 11.3. The zero-order valence-corrected chi connectivity index (χ0v) is 14.2. The monoisotopic (exact) mass is 286 g/mol. The molecule has 0 aromatic heterocycles. The average Bonchev–Trinajstić information content (AvgIpc) is 2.51. The molecule has 118 valence electrons. The van der Waals surface area contributed by atoms with Gasteiger partial charge in [0.2, 0.25) is 0 Å². The summed E-state index contributed by atoms with van der Waals surface area (Å²) in [5.74, 6) is 0. The van der Waals surface area contributed by atoms with Crippen molar-refractivity contribution in [1.82, 2.24) is 0 Å². The van der Waals surface area contributed by atoms with Crippen LogP contribution in [0.15, 0.2) is 30.3 Å². The molecule has 0 spiro atoms. The van der Waals surface area contributed by atoms with E-state index < -0.39 is 0 Å². The van der Waals surface area contributed by atoms with E-state index in [4.69, 9.17) is 0 Å². The van der Waals surface area contributed by atoms with E-state index in [0.717, 1.165) is 0 Å². The van der Waals surface area contributed by atoms with E-state index in [-0.39, 0.29) is 0 Å². The lowest BCUT2D eigenvalue weighted by Gasteiger charge is -2.06. The van der Waals surface area contributed by atoms with Crippen LogP contribution in [0.3, 0.4) is 0 Å². The maximum atomic E-state index is 2.29. The van der Waals surface area contributed by atoms with Crippen molar-refractivity contribution < 1.29 is 0 Å². The highest BCUT2D eigenvalue weighted by molar-refractivity contribution is 5.53. The van der Waals surface area contributed by atoms with Gasteiger partial charge >= 0.3 is 0 Å². The minimum absolute atomic E-state index is 1.23. The minimum Gasteiger partial charge on any atom is -0.0871 e. The van der Waals surface area contributed by atoms with Gasteiger partial charge in [0.05, 0.1) is 0 Å². The summed E-state index contributed by atoms with van der Waals surface area (Å²) in [7, 11) is 0. The second-order valence-electron chi connectivity index (χ2n) is 6.13. The van der Waals surface area contributed by atoms with E-state index in [1.807, 2.05) is 0 Å². The van der Waals surface area contributed by atoms with Gasteiger partial charge in [0.25, 0.3) is 0 Å². The van der Waals surface area contributed by atoms with E-state index in [1.165, 1.54) is 81.8 Å². The van der Waals surface area contributed by atoms with Gasteiger partial charge in [-0.25, -0.2) is 0 Å². The summed E-state index contributed by atoms with van der Waals surface area (Å²) in [6, 6.07) is 8.81. The Balaban J connectivity index is 2.04. The highest BCUT2D eigenvalue weighted by atomic mass is 14.0. The van der Waals surface area contributed by atoms with Crippen LogP contribution in [0.1, 0.15) is 89.2 Å². The zero-order valence-electron chi connectivity index (χ0n) is 14.2. The summed E-state index contributed by atoms with van der Waals surface area (Å²) in [6.07, 6.45) is 19.7. The lowest BCUT2D eigenvalue weighted by atomic mass is 10.00. The van der Waals surface area contributed by atoms with Gasteiger partial charge in [-0.05, 0) is 30.9 Å². The largest absolute Gasteiger partial charge is 0.0871 e. The third kappa shape index (κ3) is 8.75. The molecule has 0 aliphatic carbocycles. The molecular formula is C21H34. The highest BCUT2D eigenvalue weighted by Gasteiger charge is 1.98. The van der Waals surface area contributed by atoms with Crippen LogP contribution in [0.25, 0.3) is 6.08 Å². The van der Waals surface area contributed by atoms with Gasteiger partial charge in [-0.15, -0.1) is 0 Å². The Morgan fingerprint density at radius 2 is 1.33 bits per heavy atom. The molecule has 21 heavy (non-hydrogen) atoms. The molecule has 0 saturated carbocycles. The first-order chi connectivity index (χ1) is 10.4. The van der Waals surface area contributed by atoms with Crippen molar-refractivity contribution in [2.24, 2.45) is 0 Å². The third-order valence-electron chi connectivity index (χ3n) is 4.20. The third-order valence-corrected chi connectivity index (χ3v) is 4.20. The molecule has 0 atom stereocenters. The molecule has 1 rings (SSSR count). The lowest BCUT2D eigenvalue weighted by molar-refractivity contribution is 0.556. The summed E-state index contributed by atoms with van der Waals surface area (Å²) < 4.78 is 0. The van der Waals surface area contributed by atoms with E-state index in [1.54, 1.807) is 0 Å². The molecule has 0 heterocycles. The van der Waals surface area contributed by atoms with E-state index in [0.29, 0.717) is 0 Å². The second-order valence-corrected chi connectivity index (χ2v) is 6.13. The molecule has 1 aromatic rings. The zero-order chi connectivity index (χ0) is 15.2. The van der Waals surface area contributed by atoms with Gasteiger partial charge in [0.1, 0.15) is 0 Å². The predicted octanol–water partition coefficient (Wildman–Crippen LogP) is 7.18. The van der Waals surface area contributed by atoms with Gasteiger partial charge in [-0.3, -0.25) is 0 Å². The molecule has 0 heteroatoms. The predicted molar refractivity (Wildman–Crippen MR) is 96.7 cm³/mol. The van der Waals surface area contributed by atoms with Crippen LogP contribution < -0.4 is 0 Å². The van der Waals surface area contributed by atoms with Crippen LogP contribution >= 0.6 is 0 Å². The van der Waals surface area contributed by atoms with Crippen LogP contribution in [0.4, 0.5) is 0 Å². The summed E-state index contributed by atoms with van der Waals surface area (Å²) >= 11 is 0. The van der Waals surface area contributed by atoms with Crippen LogP contribution in [-0.4, -0.2) is 0 Å². The van der Waals surface area contributed by atoms with Crippen molar-refractivity contribution in [3.63, 3.8) is 0 Å². The number of hydrogen-bond donors (Lipinski definition) is 0. The van der Waals surface area contributed by atoms with Crippen LogP contribution in [-0.2, 0) is 6.42 Å². The molecule has 0 aliphatic heterocycles. The maximum absolute atomic E-state index is 2.29. The number of aryl methyl sites for hydroxylation is 1. The molecule has 0 radical (unpaired) electrons. The van der Waals surface area contributed by atoms with Crippen molar-refractivity contribution in [3.05, 3.63) is 41.5 Å². The van der Waals surface area contributed by atoms with Gasteiger partial charge < -0.3 is 0 Å². The number of allylic oxidation sites excluding steroid dienone is 1. The molecule has 0 nitrogen and oxygen atoms in total. The molecule has 0 fully saturated rings. The van der Waals surface area contributed by atoms with Crippen molar-refractivity contribution in [2.75, 3.05) is 0 Å². The fourth-order valence-electron chi connectivity index (χ4n) is 2.91. The van der Waals surface area contributed by atoms with Crippen LogP contribution in [0.5, 0.6) is 0 Å². The van der Waals surface area contributed by atoms with Gasteiger partial charge in [-0.1, -0.05) is 101 Å². The Morgan fingerprint density at radius 1 is 0.762 bits per heavy atom. The Labute approximate surface area is 132 Å². The molecule has 0 aliphatic rings. The standard InChI is InChI=1S/C21H34/c1-3-5-6-7-8-9-10-11-12-13-17-21-19-15-14-18-20(21)16-4-2/h4,14-16,18-19H,3,5-13,17H2,1-2H3. The summed E-state index contributed by atoms with van der Waals surface area (Å²) in [4.78, 5) is 0. The first kappa shape index (κ1) is 18.0. The fraction of sp³-hybridized carbons (Fsp3) is 0.619. The Hall–Kier alpha value is -1.04. The van der Waals surface area contributed by atoms with E-state index in [9.17, 15) is 0 Å². The van der Waals surface area contributed by atoms with Gasteiger partial charge in [0, 0.05) is 0 Å². The number of benzene rings is 1. The Bertz CT molecular complexity index is 375. The number of unbranched alkanes of at least 4 members (excludes halogenated alkanes) is 9. The Morgan fingerprint density at radius 3 is 1.95 bits per heavy atom. The Kier molecular flexibility index (Phi) is 10.9. The molecule has 0 unspecified atom stereocenters. The fourth-order valence-corrected chi connectivity index (χ4v) is 2.91. The van der Waals surface area contributed by atoms with Gasteiger partial charge in [0.15, 0.2) is 0 Å². The van der Waals surface area contributed by atoms with E-state index in [2.05, 4.69) is 50.3 Å². The van der Waals surface area contributed by atoms with Crippen LogP contribution in [0, 0.1) is 0 Å². The quantitative estimate of drug-likeness (QED) is 0.357. The molecule has 0 amide bonds. The summed E-state index contributed by atoms with van der Waals surface area (Å²) in [6.45, 7) is 4.38. The number of hydrogen-bond acceptors (Lipinski definition) is 0. The van der Waals surface area contributed by atoms with Gasteiger partial charge in [-0.2, -0.15) is 0 Å². The van der Waals surface area contributed by atoms with E-state index >= 15 is 0 Å². The molecule has 0 saturated heterocycles. The second kappa shape index (κ2) is 12.7. The van der Waals surface area contributed by atoms with Crippen molar-refractivity contribution in [1.29, 1.82) is 0 Å². The molecule has 1 aromatic carbocycles. The SMILES string of the molecule is CC=Cc1ccccc1CCCCCCCCCCCC. The molecular weight excluding hydrogens is 252 g/mol. The summed E-state index contributed by atoms with van der Waals surface area (Å²) in [5.41, 5.74) is 2.91. The van der Waals surface area contributed by atoms with Crippen molar-refractivity contribution in [3.8, 4) is 0 Å². The summed E-state index contributed by atoms with van der Waals surface area (Å²) in [5, 5.41) is 0. The average molecular weight is 287 g/mol. The minimum atomic E-state index is 1.23. The lowest BCUT2D eigenvalue weighted by Crippen LogP contribution is -1.90. The van der Waals surface area contributed by atoms with Crippen molar-refractivity contribution >= 4 is 6.08 Å². The first-order valence-corrected chi connectivity index (χ1v) is 9.09. The molecule has 0 N–H and O–H groups in total. The topological polar surface area (TPSA) is 0 Å². The maximum Gasteiger partial charge on any atom is -0.0228 e. The van der Waals surface area contributed by atoms with Crippen LogP contribution in [0.2, 0.25) is 0 Å². The number of rotatable bonds is 12. The van der Waals surface area contributed by atoms with Crippen molar-refractivity contribution in [2.45, 2.75) is 84.5 Å². The highest BCUT2D eigenvalue weighted by Crippen LogP contribution is 2.16. The smallest absolute Gasteiger partial charge is 0.0228 e.